The summed E-state index contributed by atoms with van der Waals surface area (Å²) >= 11 is 0. The molecule has 5 atom stereocenters. The van der Waals surface area contributed by atoms with Gasteiger partial charge in [-0.05, 0) is 49.4 Å². The molecule has 0 bridgehead atoms. The second kappa shape index (κ2) is 59.8. The van der Waals surface area contributed by atoms with Crippen LogP contribution in [0.1, 0.15) is 344 Å². The molecular formula is C70H136O17P2. The third kappa shape index (κ3) is 64.6. The van der Waals surface area contributed by atoms with Crippen molar-refractivity contribution in [1.29, 1.82) is 0 Å². The molecule has 528 valence electrons. The van der Waals surface area contributed by atoms with Crippen molar-refractivity contribution in [3.05, 3.63) is 0 Å². The topological polar surface area (TPSA) is 237 Å². The van der Waals surface area contributed by atoms with Crippen LogP contribution < -0.4 is 0 Å². The molecule has 3 N–H and O–H groups in total. The number of hydrogen-bond donors (Lipinski definition) is 3. The average molecular weight is 1310 g/mol. The van der Waals surface area contributed by atoms with Crippen molar-refractivity contribution in [3.8, 4) is 0 Å². The second-order valence-electron chi connectivity index (χ2n) is 27.2. The van der Waals surface area contributed by atoms with Crippen molar-refractivity contribution >= 4 is 39.5 Å². The Balaban J connectivity index is 5.22. The standard InChI is InChI=1S/C70H136O17P2/c1-60(2)46-38-30-22-16-13-11-9-10-12-14-18-26-34-42-50-67(72)80-56-65(86-69(74)52-44-36-27-19-15-17-23-31-39-47-61(3)4)58-84-88(76,77)82-54-64(71)55-83-89(78,79)85-59-66(87-70(75)53-45-37-29-21-25-33-41-49-63(7)8)57-81-68(73)51-43-35-28-20-24-32-40-48-62(5)6/h60-66,71H,9-59H2,1-8H3,(H,76,77)(H,78,79)/t64?,65-,66-/m1/s1. The highest BCUT2D eigenvalue weighted by Gasteiger charge is 2.30. The number of ether oxygens (including phenoxy) is 4. The van der Waals surface area contributed by atoms with E-state index in [2.05, 4.69) is 55.4 Å². The van der Waals surface area contributed by atoms with Gasteiger partial charge in [0.25, 0.3) is 0 Å². The molecule has 0 amide bonds. The monoisotopic (exact) mass is 1310 g/mol. The first-order chi connectivity index (χ1) is 42.6. The number of esters is 4. The van der Waals surface area contributed by atoms with E-state index in [0.29, 0.717) is 37.5 Å². The fourth-order valence-corrected chi connectivity index (χ4v) is 12.1. The van der Waals surface area contributed by atoms with Gasteiger partial charge in [-0.1, -0.05) is 293 Å². The molecule has 0 saturated heterocycles. The number of carbonyl (C=O) groups excluding carboxylic acids is 4. The third-order valence-electron chi connectivity index (χ3n) is 16.1. The number of aliphatic hydroxyl groups excluding tert-OH is 1. The summed E-state index contributed by atoms with van der Waals surface area (Å²) in [6.45, 7) is 14.0. The fourth-order valence-electron chi connectivity index (χ4n) is 10.5. The zero-order valence-corrected chi connectivity index (χ0v) is 59.8. The minimum Gasteiger partial charge on any atom is -0.462 e. The van der Waals surface area contributed by atoms with Gasteiger partial charge in [-0.2, -0.15) is 0 Å². The summed E-state index contributed by atoms with van der Waals surface area (Å²) in [6, 6.07) is 0. The molecule has 0 radical (unpaired) electrons. The molecule has 0 aromatic heterocycles. The van der Waals surface area contributed by atoms with Gasteiger partial charge in [0.1, 0.15) is 19.3 Å². The Hall–Kier alpha value is -1.94. The molecule has 0 fully saturated rings. The Morgan fingerprint density at radius 1 is 0.281 bits per heavy atom. The Bertz CT molecular complexity index is 1760. The first-order valence-corrected chi connectivity index (χ1v) is 39.2. The molecule has 0 aliphatic carbocycles. The SMILES string of the molecule is CC(C)CCCCCCCCCCCCCCCCC(=O)OC[C@H](COP(=O)(O)OCC(O)COP(=O)(O)OC[C@@H](COC(=O)CCCCCCCCCC(C)C)OC(=O)CCCCCCCCCC(C)C)OC(=O)CCCCCCCCCCCC(C)C. The lowest BCUT2D eigenvalue weighted by atomic mass is 10.0. The van der Waals surface area contributed by atoms with Crippen molar-refractivity contribution in [2.75, 3.05) is 39.6 Å². The van der Waals surface area contributed by atoms with Crippen molar-refractivity contribution in [1.82, 2.24) is 0 Å². The van der Waals surface area contributed by atoms with E-state index in [4.69, 9.17) is 37.0 Å². The Kier molecular flexibility index (Phi) is 58.5. The van der Waals surface area contributed by atoms with Gasteiger partial charge < -0.3 is 33.8 Å². The molecule has 0 aromatic carbocycles. The van der Waals surface area contributed by atoms with E-state index >= 15 is 0 Å². The van der Waals surface area contributed by atoms with Gasteiger partial charge in [0.15, 0.2) is 12.2 Å². The highest BCUT2D eigenvalue weighted by molar-refractivity contribution is 7.47. The molecule has 0 aromatic rings. The van der Waals surface area contributed by atoms with Crippen LogP contribution in [-0.2, 0) is 65.4 Å². The van der Waals surface area contributed by atoms with Gasteiger partial charge >= 0.3 is 39.5 Å². The van der Waals surface area contributed by atoms with Gasteiger partial charge in [0.05, 0.1) is 26.4 Å². The van der Waals surface area contributed by atoms with E-state index in [0.717, 1.165) is 108 Å². The van der Waals surface area contributed by atoms with Crippen molar-refractivity contribution < 1.29 is 80.2 Å². The summed E-state index contributed by atoms with van der Waals surface area (Å²) < 4.78 is 68.2. The summed E-state index contributed by atoms with van der Waals surface area (Å²) in [6.07, 6.45) is 41.9. The normalized spacial score (nSPS) is 14.3. The highest BCUT2D eigenvalue weighted by atomic mass is 31.2. The largest absolute Gasteiger partial charge is 0.472 e. The van der Waals surface area contributed by atoms with Crippen LogP contribution in [0, 0.1) is 23.7 Å². The fraction of sp³-hybridized carbons (Fsp3) is 0.943. The maximum absolute atomic E-state index is 13.0. The third-order valence-corrected chi connectivity index (χ3v) is 18.0. The van der Waals surface area contributed by atoms with Gasteiger partial charge in [-0.25, -0.2) is 9.13 Å². The zero-order valence-electron chi connectivity index (χ0n) is 58.1. The van der Waals surface area contributed by atoms with E-state index in [1.165, 1.54) is 141 Å². The smallest absolute Gasteiger partial charge is 0.462 e. The molecule has 0 aliphatic heterocycles. The molecular weight excluding hydrogens is 1170 g/mol. The van der Waals surface area contributed by atoms with Gasteiger partial charge in [-0.3, -0.25) is 37.3 Å². The zero-order chi connectivity index (χ0) is 66.1. The summed E-state index contributed by atoms with van der Waals surface area (Å²) in [5.74, 6) is 0.804. The number of aliphatic hydroxyl groups is 1. The van der Waals surface area contributed by atoms with Crippen LogP contribution in [0.15, 0.2) is 0 Å². The molecule has 0 spiro atoms. The summed E-state index contributed by atoms with van der Waals surface area (Å²) in [4.78, 5) is 72.5. The summed E-state index contributed by atoms with van der Waals surface area (Å²) in [5.41, 5.74) is 0. The van der Waals surface area contributed by atoms with E-state index in [-0.39, 0.29) is 25.7 Å². The number of unbranched alkanes of at least 4 members (excludes halogenated alkanes) is 33. The lowest BCUT2D eigenvalue weighted by Gasteiger charge is -2.21. The van der Waals surface area contributed by atoms with Crippen LogP contribution >= 0.6 is 15.6 Å². The minimum atomic E-state index is -4.95. The van der Waals surface area contributed by atoms with Crippen LogP contribution in [0.5, 0.6) is 0 Å². The summed E-state index contributed by atoms with van der Waals surface area (Å²) in [5, 5.41) is 10.6. The first kappa shape index (κ1) is 87.1. The first-order valence-electron chi connectivity index (χ1n) is 36.2. The predicted molar refractivity (Wildman–Crippen MR) is 358 cm³/mol. The number of phosphoric acid groups is 2. The van der Waals surface area contributed by atoms with Gasteiger partial charge in [0, 0.05) is 25.7 Å². The van der Waals surface area contributed by atoms with E-state index < -0.39 is 97.5 Å². The van der Waals surface area contributed by atoms with Gasteiger partial charge in [-0.15, -0.1) is 0 Å². The van der Waals surface area contributed by atoms with Crippen LogP contribution in [0.25, 0.3) is 0 Å². The predicted octanol–water partition coefficient (Wildman–Crippen LogP) is 19.7. The van der Waals surface area contributed by atoms with Crippen molar-refractivity contribution in [2.45, 2.75) is 363 Å². The number of hydrogen-bond acceptors (Lipinski definition) is 15. The van der Waals surface area contributed by atoms with E-state index in [1.54, 1.807) is 0 Å². The maximum atomic E-state index is 13.0. The molecule has 0 saturated carbocycles. The van der Waals surface area contributed by atoms with Crippen LogP contribution in [-0.4, -0.2) is 96.7 Å². The molecule has 3 unspecified atom stereocenters. The molecule has 0 aliphatic rings. The number of phosphoric ester groups is 2. The quantitative estimate of drug-likeness (QED) is 0.0222. The van der Waals surface area contributed by atoms with Crippen molar-refractivity contribution in [2.24, 2.45) is 23.7 Å². The van der Waals surface area contributed by atoms with E-state index in [1.807, 2.05) is 0 Å². The molecule has 0 rings (SSSR count). The average Bonchev–Trinajstić information content (AvgIpc) is 3.61. The Labute approximate surface area is 543 Å². The Morgan fingerprint density at radius 2 is 0.472 bits per heavy atom. The minimum absolute atomic E-state index is 0.102. The number of carbonyl (C=O) groups is 4. The van der Waals surface area contributed by atoms with Gasteiger partial charge in [0.2, 0.25) is 0 Å². The lowest BCUT2D eigenvalue weighted by molar-refractivity contribution is -0.161. The molecule has 19 heteroatoms. The van der Waals surface area contributed by atoms with Crippen LogP contribution in [0.4, 0.5) is 0 Å². The number of rotatable bonds is 67. The van der Waals surface area contributed by atoms with E-state index in [9.17, 15) is 43.2 Å². The highest BCUT2D eigenvalue weighted by Crippen LogP contribution is 2.45. The Morgan fingerprint density at radius 3 is 0.697 bits per heavy atom. The van der Waals surface area contributed by atoms with Crippen LogP contribution in [0.2, 0.25) is 0 Å². The maximum Gasteiger partial charge on any atom is 0.472 e. The molecule has 89 heavy (non-hydrogen) atoms. The second-order valence-corrected chi connectivity index (χ2v) is 30.1. The lowest BCUT2D eigenvalue weighted by Crippen LogP contribution is -2.30. The molecule has 0 heterocycles. The molecule has 17 nitrogen and oxygen atoms in total. The van der Waals surface area contributed by atoms with Crippen molar-refractivity contribution in [3.63, 3.8) is 0 Å². The van der Waals surface area contributed by atoms with Crippen LogP contribution in [0.3, 0.4) is 0 Å². The summed E-state index contributed by atoms with van der Waals surface area (Å²) in [7, 11) is -9.90.